The molecule has 7 nitrogen and oxygen atoms in total. The lowest BCUT2D eigenvalue weighted by Gasteiger charge is -2.17. The number of nitrogens with zero attached hydrogens (tertiary/aromatic N) is 1. The molecule has 164 valence electrons. The summed E-state index contributed by atoms with van der Waals surface area (Å²) in [7, 11) is 1.55. The second kappa shape index (κ2) is 10.5. The Morgan fingerprint density at radius 1 is 1.17 bits per heavy atom. The highest BCUT2D eigenvalue weighted by Gasteiger charge is 2.34. The van der Waals surface area contributed by atoms with Crippen molar-refractivity contribution in [3.05, 3.63) is 29.6 Å². The number of likely N-dealkylation sites (tertiary alicyclic amines) is 1. The van der Waals surface area contributed by atoms with Gasteiger partial charge in [-0.1, -0.05) is 25.7 Å². The zero-order valence-electron chi connectivity index (χ0n) is 17.4. The summed E-state index contributed by atoms with van der Waals surface area (Å²) >= 11 is 0. The largest absolute Gasteiger partial charge is 0.383 e. The van der Waals surface area contributed by atoms with E-state index in [1.54, 1.807) is 12.0 Å². The average Bonchev–Trinajstić information content (AvgIpc) is 2.90. The van der Waals surface area contributed by atoms with Gasteiger partial charge < -0.3 is 20.3 Å². The highest BCUT2D eigenvalue weighted by Crippen LogP contribution is 2.22. The first-order valence-electron chi connectivity index (χ1n) is 10.7. The van der Waals surface area contributed by atoms with E-state index in [2.05, 4.69) is 10.6 Å². The van der Waals surface area contributed by atoms with E-state index in [4.69, 9.17) is 4.74 Å². The number of anilines is 1. The average molecular weight is 419 g/mol. The van der Waals surface area contributed by atoms with Crippen LogP contribution in [0.4, 0.5) is 10.1 Å². The lowest BCUT2D eigenvalue weighted by molar-refractivity contribution is -0.128. The van der Waals surface area contributed by atoms with Crippen molar-refractivity contribution < 1.29 is 23.5 Å². The monoisotopic (exact) mass is 419 g/mol. The zero-order valence-corrected chi connectivity index (χ0v) is 17.4. The van der Waals surface area contributed by atoms with Crippen LogP contribution in [0.15, 0.2) is 18.2 Å². The molecular weight excluding hydrogens is 389 g/mol. The van der Waals surface area contributed by atoms with Gasteiger partial charge in [-0.2, -0.15) is 0 Å². The maximum absolute atomic E-state index is 14.1. The summed E-state index contributed by atoms with van der Waals surface area (Å²) in [4.78, 5) is 38.8. The van der Waals surface area contributed by atoms with E-state index in [0.717, 1.165) is 25.7 Å². The van der Waals surface area contributed by atoms with Gasteiger partial charge in [0.2, 0.25) is 11.8 Å². The molecule has 1 aliphatic heterocycles. The molecular formula is C22H30FN3O4. The number of ether oxygens (including phenoxy) is 1. The Morgan fingerprint density at radius 3 is 2.60 bits per heavy atom. The summed E-state index contributed by atoms with van der Waals surface area (Å²) in [6.45, 7) is 1.15. The van der Waals surface area contributed by atoms with Gasteiger partial charge in [-0.3, -0.25) is 14.4 Å². The van der Waals surface area contributed by atoms with Crippen LogP contribution in [0.25, 0.3) is 0 Å². The molecule has 0 aromatic heterocycles. The minimum atomic E-state index is -0.594. The fourth-order valence-corrected chi connectivity index (χ4v) is 4.10. The highest BCUT2D eigenvalue weighted by molar-refractivity contribution is 5.99. The molecule has 2 fully saturated rings. The topological polar surface area (TPSA) is 87.7 Å². The van der Waals surface area contributed by atoms with Crippen molar-refractivity contribution >= 4 is 23.4 Å². The standard InChI is InChI=1S/C22H30FN3O4/c1-30-9-8-26-14-16(12-20(26)27)22(29)25-19-11-15(10-17(23)13-19)21(28)24-18-6-4-2-3-5-7-18/h10-11,13,16,18H,2-9,12,14H2,1H3,(H,24,28)(H,25,29). The van der Waals surface area contributed by atoms with Crippen LogP contribution >= 0.6 is 0 Å². The zero-order chi connectivity index (χ0) is 21.5. The molecule has 1 aliphatic carbocycles. The molecule has 1 aromatic carbocycles. The van der Waals surface area contributed by atoms with Gasteiger partial charge in [-0.15, -0.1) is 0 Å². The van der Waals surface area contributed by atoms with Crippen LogP contribution in [-0.4, -0.2) is 55.5 Å². The molecule has 30 heavy (non-hydrogen) atoms. The molecule has 2 aliphatic rings. The third-order valence-electron chi connectivity index (χ3n) is 5.77. The molecule has 1 atom stereocenters. The first kappa shape index (κ1) is 22.2. The summed E-state index contributed by atoms with van der Waals surface area (Å²) in [5, 5.41) is 5.65. The molecule has 2 N–H and O–H groups in total. The minimum absolute atomic E-state index is 0.101. The minimum Gasteiger partial charge on any atom is -0.383 e. The normalized spacial score (nSPS) is 20.1. The van der Waals surface area contributed by atoms with Gasteiger partial charge in [0.25, 0.3) is 5.91 Å². The molecule has 1 aromatic rings. The lowest BCUT2D eigenvalue weighted by Crippen LogP contribution is -2.34. The van der Waals surface area contributed by atoms with Crippen LogP contribution in [0.1, 0.15) is 55.3 Å². The summed E-state index contributed by atoms with van der Waals surface area (Å²) in [6.07, 6.45) is 6.48. The Bertz CT molecular complexity index is 778. The number of carbonyl (C=O) groups excluding carboxylic acids is 3. The number of hydrogen-bond donors (Lipinski definition) is 2. The van der Waals surface area contributed by atoms with Crippen LogP contribution in [-0.2, 0) is 14.3 Å². The summed E-state index contributed by atoms with van der Waals surface area (Å²) < 4.78 is 19.1. The van der Waals surface area contributed by atoms with Gasteiger partial charge in [0.1, 0.15) is 5.82 Å². The molecule has 0 spiro atoms. The molecule has 3 rings (SSSR count). The van der Waals surface area contributed by atoms with E-state index in [9.17, 15) is 18.8 Å². The molecule has 1 heterocycles. The molecule has 0 radical (unpaired) electrons. The quantitative estimate of drug-likeness (QED) is 0.666. The summed E-state index contributed by atoms with van der Waals surface area (Å²) in [5.41, 5.74) is 0.396. The molecule has 0 bridgehead atoms. The smallest absolute Gasteiger partial charge is 0.251 e. The van der Waals surface area contributed by atoms with E-state index in [1.807, 2.05) is 0 Å². The van der Waals surface area contributed by atoms with Crippen molar-refractivity contribution in [2.75, 3.05) is 32.1 Å². The van der Waals surface area contributed by atoms with Crippen LogP contribution < -0.4 is 10.6 Å². The second-order valence-electron chi connectivity index (χ2n) is 8.11. The number of amides is 3. The van der Waals surface area contributed by atoms with Crippen molar-refractivity contribution in [3.8, 4) is 0 Å². The number of carbonyl (C=O) groups is 3. The Labute approximate surface area is 176 Å². The van der Waals surface area contributed by atoms with Crippen molar-refractivity contribution in [3.63, 3.8) is 0 Å². The van der Waals surface area contributed by atoms with Crippen LogP contribution in [0.5, 0.6) is 0 Å². The van der Waals surface area contributed by atoms with Gasteiger partial charge in [0, 0.05) is 43.9 Å². The van der Waals surface area contributed by atoms with E-state index in [1.165, 1.54) is 31.0 Å². The fraction of sp³-hybridized carbons (Fsp3) is 0.591. The van der Waals surface area contributed by atoms with Gasteiger partial charge in [-0.25, -0.2) is 4.39 Å². The number of methoxy groups -OCH3 is 1. The maximum atomic E-state index is 14.1. The Kier molecular flexibility index (Phi) is 7.79. The van der Waals surface area contributed by atoms with Crippen molar-refractivity contribution in [1.29, 1.82) is 0 Å². The molecule has 8 heteroatoms. The predicted molar refractivity (Wildman–Crippen MR) is 111 cm³/mol. The maximum Gasteiger partial charge on any atom is 0.251 e. The number of nitrogens with one attached hydrogen (secondary N) is 2. The van der Waals surface area contributed by atoms with Crippen molar-refractivity contribution in [2.45, 2.75) is 51.0 Å². The highest BCUT2D eigenvalue weighted by atomic mass is 19.1. The van der Waals surface area contributed by atoms with E-state index >= 15 is 0 Å². The molecule has 1 saturated heterocycles. The first-order chi connectivity index (χ1) is 14.5. The third-order valence-corrected chi connectivity index (χ3v) is 5.77. The van der Waals surface area contributed by atoms with Gasteiger partial charge in [0.15, 0.2) is 0 Å². The number of hydrogen-bond acceptors (Lipinski definition) is 4. The van der Waals surface area contributed by atoms with E-state index < -0.39 is 11.7 Å². The van der Waals surface area contributed by atoms with E-state index in [0.29, 0.717) is 19.7 Å². The number of benzene rings is 1. The van der Waals surface area contributed by atoms with Crippen molar-refractivity contribution in [1.82, 2.24) is 10.2 Å². The summed E-state index contributed by atoms with van der Waals surface area (Å²) in [5.74, 6) is -1.90. The Hall–Kier alpha value is -2.48. The first-order valence-corrected chi connectivity index (χ1v) is 10.7. The summed E-state index contributed by atoms with van der Waals surface area (Å²) in [6, 6.07) is 3.93. The van der Waals surface area contributed by atoms with Crippen molar-refractivity contribution in [2.24, 2.45) is 5.92 Å². The van der Waals surface area contributed by atoms with Crippen LogP contribution in [0, 0.1) is 11.7 Å². The lowest BCUT2D eigenvalue weighted by atomic mass is 10.1. The molecule has 3 amide bonds. The Morgan fingerprint density at radius 2 is 1.90 bits per heavy atom. The van der Waals surface area contributed by atoms with E-state index in [-0.39, 0.29) is 41.4 Å². The number of rotatable bonds is 7. The van der Waals surface area contributed by atoms with Crippen LogP contribution in [0.3, 0.4) is 0 Å². The predicted octanol–water partition coefficient (Wildman–Crippen LogP) is 2.71. The SMILES string of the molecule is COCCN1CC(C(=O)Nc2cc(F)cc(C(=O)NC3CCCCCC3)c2)CC1=O. The van der Waals surface area contributed by atoms with Gasteiger partial charge in [-0.05, 0) is 31.0 Å². The third kappa shape index (κ3) is 6.01. The number of halogens is 1. The molecule has 1 saturated carbocycles. The van der Waals surface area contributed by atoms with Crippen LogP contribution in [0.2, 0.25) is 0 Å². The Balaban J connectivity index is 1.61. The van der Waals surface area contributed by atoms with Gasteiger partial charge in [0.05, 0.1) is 12.5 Å². The second-order valence-corrected chi connectivity index (χ2v) is 8.11. The molecule has 1 unspecified atom stereocenters. The van der Waals surface area contributed by atoms with Gasteiger partial charge >= 0.3 is 0 Å². The fourth-order valence-electron chi connectivity index (χ4n) is 4.10.